The van der Waals surface area contributed by atoms with Crippen molar-refractivity contribution >= 4 is 23.6 Å². The Hall–Kier alpha value is -3.94. The number of rotatable bonds is 6. The highest BCUT2D eigenvalue weighted by Crippen LogP contribution is 2.28. The minimum Gasteiger partial charge on any atom is -0.478 e. The molecule has 180 valence electrons. The molecule has 1 aliphatic heterocycles. The highest BCUT2D eigenvalue weighted by atomic mass is 32.2. The molecule has 5 rings (SSSR count). The van der Waals surface area contributed by atoms with Crippen LogP contribution in [0.3, 0.4) is 0 Å². The van der Waals surface area contributed by atoms with Crippen LogP contribution in [0.15, 0.2) is 90.0 Å². The summed E-state index contributed by atoms with van der Waals surface area (Å²) in [7, 11) is 0. The third kappa shape index (κ3) is 5.48. The van der Waals surface area contributed by atoms with Crippen LogP contribution >= 0.6 is 11.8 Å². The number of thioether (sulfide) groups is 1. The number of fused-ring (bicyclic) bond motifs is 1. The summed E-state index contributed by atoms with van der Waals surface area (Å²) in [5.74, 6) is -0.200. The minimum atomic E-state index is -0.942. The van der Waals surface area contributed by atoms with E-state index in [4.69, 9.17) is 9.84 Å². The molecule has 0 bridgehead atoms. The molecule has 1 aliphatic rings. The summed E-state index contributed by atoms with van der Waals surface area (Å²) >= 11 is 1.71. The van der Waals surface area contributed by atoms with Crippen LogP contribution in [0.25, 0.3) is 22.3 Å². The molecule has 1 aromatic heterocycles. The fourth-order valence-electron chi connectivity index (χ4n) is 4.05. The van der Waals surface area contributed by atoms with Gasteiger partial charge < -0.3 is 15.2 Å². The van der Waals surface area contributed by atoms with Gasteiger partial charge >= 0.3 is 5.97 Å². The molecule has 2 N–H and O–H groups in total. The fraction of sp³-hybridized carbons (Fsp3) is 0.138. The molecule has 4 aromatic rings. The highest BCUT2D eigenvalue weighted by Gasteiger charge is 2.13. The minimum absolute atomic E-state index is 0.137. The van der Waals surface area contributed by atoms with E-state index in [0.29, 0.717) is 25.3 Å². The second-order valence-corrected chi connectivity index (χ2v) is 9.54. The van der Waals surface area contributed by atoms with Crippen molar-refractivity contribution in [3.63, 3.8) is 0 Å². The number of nitrogens with one attached hydrogen (secondary N) is 1. The first-order valence-electron chi connectivity index (χ1n) is 11.6. The zero-order chi connectivity index (χ0) is 24.9. The van der Waals surface area contributed by atoms with Gasteiger partial charge in [0.05, 0.1) is 31.0 Å². The molecule has 1 amide bonds. The number of aromatic nitrogens is 1. The van der Waals surface area contributed by atoms with Crippen LogP contribution in [0.2, 0.25) is 0 Å². The van der Waals surface area contributed by atoms with Gasteiger partial charge in [0, 0.05) is 22.4 Å². The van der Waals surface area contributed by atoms with Gasteiger partial charge in [-0.1, -0.05) is 36.4 Å². The van der Waals surface area contributed by atoms with Crippen LogP contribution in [0.1, 0.15) is 32.0 Å². The summed E-state index contributed by atoms with van der Waals surface area (Å²) < 4.78 is 5.57. The number of benzene rings is 3. The number of carbonyl (C=O) groups is 2. The normalized spacial score (nSPS) is 12.9. The van der Waals surface area contributed by atoms with Crippen LogP contribution in [-0.4, -0.2) is 34.3 Å². The lowest BCUT2D eigenvalue weighted by Gasteiger charge is -2.10. The summed E-state index contributed by atoms with van der Waals surface area (Å²) in [6.45, 7) is 1.61. The van der Waals surface area contributed by atoms with Gasteiger partial charge in [0.2, 0.25) is 0 Å². The summed E-state index contributed by atoms with van der Waals surface area (Å²) in [5, 5.41) is 12.1. The zero-order valence-corrected chi connectivity index (χ0v) is 20.3. The maximum atomic E-state index is 12.8. The van der Waals surface area contributed by atoms with Gasteiger partial charge in [-0.25, -0.2) is 4.79 Å². The van der Waals surface area contributed by atoms with Crippen LogP contribution < -0.4 is 5.32 Å². The zero-order valence-electron chi connectivity index (χ0n) is 19.4. The van der Waals surface area contributed by atoms with Crippen LogP contribution in [0, 0.1) is 0 Å². The molecule has 0 aliphatic carbocycles. The van der Waals surface area contributed by atoms with E-state index >= 15 is 0 Å². The Morgan fingerprint density at radius 3 is 2.44 bits per heavy atom. The largest absolute Gasteiger partial charge is 0.478 e. The third-order valence-corrected chi connectivity index (χ3v) is 7.04. The third-order valence-electron chi connectivity index (χ3n) is 5.98. The van der Waals surface area contributed by atoms with Crippen molar-refractivity contribution in [2.24, 2.45) is 0 Å². The SMILES string of the molecule is O=C(O)c1ccc(-c2cccc(-c3ccnc(CNC(=O)c4ccc5c(c4)SCCOC5)c3)c2)cc1. The van der Waals surface area contributed by atoms with Gasteiger partial charge in [-0.3, -0.25) is 9.78 Å². The van der Waals surface area contributed by atoms with Crippen molar-refractivity contribution in [2.45, 2.75) is 18.0 Å². The number of amides is 1. The molecule has 7 heteroatoms. The molecule has 0 fully saturated rings. The molecule has 0 unspecified atom stereocenters. The Morgan fingerprint density at radius 2 is 1.64 bits per heavy atom. The Bertz CT molecular complexity index is 1420. The molecule has 36 heavy (non-hydrogen) atoms. The van der Waals surface area contributed by atoms with E-state index in [-0.39, 0.29) is 11.5 Å². The van der Waals surface area contributed by atoms with E-state index in [2.05, 4.69) is 16.4 Å². The monoisotopic (exact) mass is 496 g/mol. The second kappa shape index (κ2) is 10.8. The predicted molar refractivity (Wildman–Crippen MR) is 140 cm³/mol. The standard InChI is InChI=1S/C29H24N2O4S/c32-28(24-8-9-25-18-35-12-13-36-27(25)16-24)31-17-26-15-23(10-11-30-26)22-3-1-2-21(14-22)19-4-6-20(7-5-19)29(33)34/h1-11,14-16H,12-13,17-18H2,(H,31,32)(H,33,34). The smallest absolute Gasteiger partial charge is 0.335 e. The van der Waals surface area contributed by atoms with E-state index in [9.17, 15) is 9.59 Å². The number of carboxylic acids is 1. The molecule has 0 atom stereocenters. The molecule has 0 radical (unpaired) electrons. The number of nitrogens with zero attached hydrogens (tertiary/aromatic N) is 1. The predicted octanol–water partition coefficient (Wildman–Crippen LogP) is 5.67. The lowest BCUT2D eigenvalue weighted by atomic mass is 9.98. The van der Waals surface area contributed by atoms with Crippen molar-refractivity contribution in [1.82, 2.24) is 10.3 Å². The van der Waals surface area contributed by atoms with Crippen LogP contribution in [0.5, 0.6) is 0 Å². The number of hydrogen-bond acceptors (Lipinski definition) is 5. The van der Waals surface area contributed by atoms with Crippen molar-refractivity contribution in [1.29, 1.82) is 0 Å². The molecular weight excluding hydrogens is 472 g/mol. The van der Waals surface area contributed by atoms with Crippen molar-refractivity contribution in [2.75, 3.05) is 12.4 Å². The van der Waals surface area contributed by atoms with E-state index in [1.807, 2.05) is 60.7 Å². The summed E-state index contributed by atoms with van der Waals surface area (Å²) in [6.07, 6.45) is 1.74. The van der Waals surface area contributed by atoms with Crippen LogP contribution in [-0.2, 0) is 17.9 Å². The molecule has 0 spiro atoms. The lowest BCUT2D eigenvalue weighted by molar-refractivity contribution is 0.0696. The number of aromatic carboxylic acids is 1. The Morgan fingerprint density at radius 1 is 0.889 bits per heavy atom. The number of carbonyl (C=O) groups excluding carboxylic acids is 1. The topological polar surface area (TPSA) is 88.5 Å². The van der Waals surface area contributed by atoms with E-state index in [1.165, 1.54) is 0 Å². The Balaban J connectivity index is 1.29. The summed E-state index contributed by atoms with van der Waals surface area (Å²) in [6, 6.07) is 24.5. The van der Waals surface area contributed by atoms with E-state index in [1.54, 1.807) is 30.1 Å². The number of ether oxygens (including phenoxy) is 1. The molecule has 0 saturated carbocycles. The van der Waals surface area contributed by atoms with Gasteiger partial charge in [-0.2, -0.15) is 0 Å². The molecule has 0 saturated heterocycles. The van der Waals surface area contributed by atoms with Crippen molar-refractivity contribution in [3.05, 3.63) is 107 Å². The summed E-state index contributed by atoms with van der Waals surface area (Å²) in [4.78, 5) is 29.4. The van der Waals surface area contributed by atoms with Gasteiger partial charge in [0.1, 0.15) is 0 Å². The fourth-order valence-corrected chi connectivity index (χ4v) is 5.00. The molecule has 2 heterocycles. The van der Waals surface area contributed by atoms with Crippen molar-refractivity contribution < 1.29 is 19.4 Å². The van der Waals surface area contributed by atoms with Gasteiger partial charge in [-0.15, -0.1) is 11.8 Å². The first-order chi connectivity index (χ1) is 17.6. The average molecular weight is 497 g/mol. The van der Waals surface area contributed by atoms with Gasteiger partial charge in [0.15, 0.2) is 0 Å². The second-order valence-electron chi connectivity index (χ2n) is 8.41. The first kappa shape index (κ1) is 23.8. The maximum absolute atomic E-state index is 12.8. The van der Waals surface area contributed by atoms with E-state index < -0.39 is 5.97 Å². The van der Waals surface area contributed by atoms with E-state index in [0.717, 1.165) is 44.2 Å². The maximum Gasteiger partial charge on any atom is 0.335 e. The lowest BCUT2D eigenvalue weighted by Crippen LogP contribution is -2.23. The van der Waals surface area contributed by atoms with Gasteiger partial charge in [0.25, 0.3) is 5.91 Å². The number of carboxylic acid groups (broad SMARTS) is 1. The highest BCUT2D eigenvalue weighted by molar-refractivity contribution is 7.99. The summed E-state index contributed by atoms with van der Waals surface area (Å²) in [5.41, 5.74) is 6.68. The van der Waals surface area contributed by atoms with Crippen LogP contribution in [0.4, 0.5) is 0 Å². The Kier molecular flexibility index (Phi) is 7.11. The Labute approximate surface area is 213 Å². The quantitative estimate of drug-likeness (QED) is 0.358. The molecular formula is C29H24N2O4S. The first-order valence-corrected chi connectivity index (χ1v) is 12.6. The van der Waals surface area contributed by atoms with Gasteiger partial charge in [-0.05, 0) is 70.3 Å². The number of hydrogen-bond donors (Lipinski definition) is 2. The molecule has 3 aromatic carbocycles. The average Bonchev–Trinajstić information content (AvgIpc) is 3.17. The number of pyridine rings is 1. The van der Waals surface area contributed by atoms with Crippen molar-refractivity contribution in [3.8, 4) is 22.3 Å². The molecule has 6 nitrogen and oxygen atoms in total.